The van der Waals surface area contributed by atoms with Gasteiger partial charge in [0.1, 0.15) is 0 Å². The molecular formula is C38H28N2. The molecule has 0 radical (unpaired) electrons. The van der Waals surface area contributed by atoms with Crippen molar-refractivity contribution in [3.63, 3.8) is 0 Å². The maximum absolute atomic E-state index is 5.40. The number of aromatic amines is 1. The van der Waals surface area contributed by atoms with Crippen LogP contribution in [-0.2, 0) is 0 Å². The lowest BCUT2D eigenvalue weighted by Crippen LogP contribution is -2.00. The predicted molar refractivity (Wildman–Crippen MR) is 167 cm³/mol. The Bertz CT molecular complexity index is 1860. The average Bonchev–Trinajstić information content (AvgIpc) is 3.63. The van der Waals surface area contributed by atoms with Crippen LogP contribution in [0.5, 0.6) is 0 Å². The SMILES string of the molecule is Cc1ccc(C2=N/C(=C(/c3ccccc3)c3[nH]c(-c4ccccc4)cc3-c3ccccc3)c3ccccc32)cc1. The Morgan fingerprint density at radius 1 is 0.525 bits per heavy atom. The number of nitrogens with zero attached hydrogens (tertiary/aromatic N) is 1. The number of aryl methyl sites for hydroxylation is 1. The summed E-state index contributed by atoms with van der Waals surface area (Å²) < 4.78 is 0. The first-order valence-electron chi connectivity index (χ1n) is 13.7. The Morgan fingerprint density at radius 3 is 1.77 bits per heavy atom. The van der Waals surface area contributed by atoms with Crippen molar-refractivity contribution in [1.82, 2.24) is 4.98 Å². The van der Waals surface area contributed by atoms with E-state index in [1.807, 2.05) is 0 Å². The number of H-pyrrole nitrogens is 1. The number of hydrogen-bond acceptors (Lipinski definition) is 1. The summed E-state index contributed by atoms with van der Waals surface area (Å²) in [5.74, 6) is 0. The van der Waals surface area contributed by atoms with Crippen molar-refractivity contribution < 1.29 is 0 Å². The molecule has 0 saturated carbocycles. The number of hydrogen-bond donors (Lipinski definition) is 1. The van der Waals surface area contributed by atoms with Crippen LogP contribution >= 0.6 is 0 Å². The molecule has 0 fully saturated rings. The van der Waals surface area contributed by atoms with E-state index in [1.54, 1.807) is 0 Å². The van der Waals surface area contributed by atoms with E-state index in [4.69, 9.17) is 4.99 Å². The third-order valence-corrected chi connectivity index (χ3v) is 7.52. The zero-order valence-electron chi connectivity index (χ0n) is 22.3. The lowest BCUT2D eigenvalue weighted by molar-refractivity contribution is 1.34. The monoisotopic (exact) mass is 512 g/mol. The van der Waals surface area contributed by atoms with Crippen LogP contribution in [0.4, 0.5) is 0 Å². The van der Waals surface area contributed by atoms with Crippen LogP contribution in [0.2, 0.25) is 0 Å². The maximum atomic E-state index is 5.40. The van der Waals surface area contributed by atoms with E-state index in [-0.39, 0.29) is 0 Å². The molecule has 2 heterocycles. The number of rotatable bonds is 5. The second-order valence-electron chi connectivity index (χ2n) is 10.2. The minimum atomic E-state index is 0.982. The highest BCUT2D eigenvalue weighted by Gasteiger charge is 2.27. The quantitative estimate of drug-likeness (QED) is 0.238. The van der Waals surface area contributed by atoms with Gasteiger partial charge in [-0.3, -0.25) is 0 Å². The van der Waals surface area contributed by atoms with Gasteiger partial charge in [-0.15, -0.1) is 0 Å². The van der Waals surface area contributed by atoms with Crippen molar-refractivity contribution in [2.75, 3.05) is 0 Å². The van der Waals surface area contributed by atoms with Gasteiger partial charge in [0.15, 0.2) is 0 Å². The third-order valence-electron chi connectivity index (χ3n) is 7.52. The van der Waals surface area contributed by atoms with Crippen molar-refractivity contribution in [3.8, 4) is 22.4 Å². The van der Waals surface area contributed by atoms with Crippen LogP contribution in [-0.4, -0.2) is 10.7 Å². The van der Waals surface area contributed by atoms with Gasteiger partial charge in [0.05, 0.1) is 17.1 Å². The molecule has 6 aromatic rings. The van der Waals surface area contributed by atoms with E-state index < -0.39 is 0 Å². The smallest absolute Gasteiger partial charge is 0.0816 e. The molecule has 0 atom stereocenters. The predicted octanol–water partition coefficient (Wildman–Crippen LogP) is 9.42. The number of nitrogens with one attached hydrogen (secondary N) is 1. The Kier molecular flexibility index (Phi) is 6.07. The lowest BCUT2D eigenvalue weighted by Gasteiger charge is -2.13. The van der Waals surface area contributed by atoms with Gasteiger partial charge in [0.25, 0.3) is 0 Å². The number of aromatic nitrogens is 1. The summed E-state index contributed by atoms with van der Waals surface area (Å²) in [6, 6.07) is 51.3. The Morgan fingerprint density at radius 2 is 1.10 bits per heavy atom. The Labute approximate surface area is 235 Å². The number of aliphatic imine (C=N–C) groups is 1. The van der Waals surface area contributed by atoms with Crippen LogP contribution < -0.4 is 0 Å². The zero-order valence-corrected chi connectivity index (χ0v) is 22.3. The fraction of sp³-hybridized carbons (Fsp3) is 0.0263. The number of fused-ring (bicyclic) bond motifs is 1. The molecule has 0 unspecified atom stereocenters. The van der Waals surface area contributed by atoms with Crippen molar-refractivity contribution in [1.29, 1.82) is 0 Å². The second kappa shape index (κ2) is 10.2. The summed E-state index contributed by atoms with van der Waals surface area (Å²) >= 11 is 0. The molecule has 0 bridgehead atoms. The lowest BCUT2D eigenvalue weighted by atomic mass is 9.92. The van der Waals surface area contributed by atoms with Gasteiger partial charge in [-0.05, 0) is 29.7 Å². The molecule has 5 aromatic carbocycles. The molecule has 0 spiro atoms. The third kappa shape index (κ3) is 4.30. The normalized spacial score (nSPS) is 13.6. The largest absolute Gasteiger partial charge is 0.354 e. The highest BCUT2D eigenvalue weighted by molar-refractivity contribution is 6.23. The first kappa shape index (κ1) is 23.9. The molecule has 1 aliphatic rings. The standard InChI is InChI=1S/C38H28N2/c1-26-21-23-30(24-22-26)36-31-19-11-12-20-32(31)37(40-36)35(29-17-9-4-10-18-29)38-33(27-13-5-2-6-14-27)25-34(39-38)28-15-7-3-8-16-28/h2-25,39H,1H3/b37-35-. The van der Waals surface area contributed by atoms with Gasteiger partial charge >= 0.3 is 0 Å². The molecule has 2 heteroatoms. The maximum Gasteiger partial charge on any atom is 0.0816 e. The molecule has 7 rings (SSSR count). The Hall–Kier alpha value is -5.21. The van der Waals surface area contributed by atoms with E-state index in [1.165, 1.54) is 11.1 Å². The van der Waals surface area contributed by atoms with Crippen LogP contribution in [0, 0.1) is 6.92 Å². The van der Waals surface area contributed by atoms with Crippen LogP contribution in [0.25, 0.3) is 33.7 Å². The molecule has 1 aromatic heterocycles. The summed E-state index contributed by atoms with van der Waals surface area (Å²) in [5, 5.41) is 0. The average molecular weight is 513 g/mol. The van der Waals surface area contributed by atoms with Crippen LogP contribution in [0.15, 0.2) is 151 Å². The summed E-state index contributed by atoms with van der Waals surface area (Å²) in [6.45, 7) is 2.12. The van der Waals surface area contributed by atoms with Gasteiger partial charge in [-0.1, -0.05) is 145 Å². The molecule has 40 heavy (non-hydrogen) atoms. The van der Waals surface area contributed by atoms with E-state index in [0.29, 0.717) is 0 Å². The molecule has 0 amide bonds. The van der Waals surface area contributed by atoms with E-state index >= 15 is 0 Å². The molecule has 1 N–H and O–H groups in total. The highest BCUT2D eigenvalue weighted by Crippen LogP contribution is 2.43. The molecule has 2 nitrogen and oxygen atoms in total. The fourth-order valence-corrected chi connectivity index (χ4v) is 5.53. The summed E-state index contributed by atoms with van der Waals surface area (Å²) in [4.78, 5) is 9.24. The minimum absolute atomic E-state index is 0.982. The van der Waals surface area contributed by atoms with Gasteiger partial charge in [0.2, 0.25) is 0 Å². The topological polar surface area (TPSA) is 28.1 Å². The van der Waals surface area contributed by atoms with Crippen molar-refractivity contribution in [2.45, 2.75) is 6.92 Å². The fourth-order valence-electron chi connectivity index (χ4n) is 5.53. The van der Waals surface area contributed by atoms with Crippen molar-refractivity contribution in [3.05, 3.63) is 179 Å². The molecule has 1 aliphatic heterocycles. The van der Waals surface area contributed by atoms with Gasteiger partial charge in [-0.25, -0.2) is 4.99 Å². The molecule has 0 aliphatic carbocycles. The zero-order chi connectivity index (χ0) is 26.9. The molecule has 0 saturated heterocycles. The first-order chi connectivity index (χ1) is 19.8. The van der Waals surface area contributed by atoms with E-state index in [2.05, 4.69) is 158 Å². The first-order valence-corrected chi connectivity index (χ1v) is 13.7. The highest BCUT2D eigenvalue weighted by atomic mass is 14.8. The molecular weight excluding hydrogens is 484 g/mol. The van der Waals surface area contributed by atoms with Crippen molar-refractivity contribution >= 4 is 17.0 Å². The summed E-state index contributed by atoms with van der Waals surface area (Å²) in [6.07, 6.45) is 0. The van der Waals surface area contributed by atoms with Gasteiger partial charge in [0, 0.05) is 33.5 Å². The van der Waals surface area contributed by atoms with E-state index in [9.17, 15) is 0 Å². The van der Waals surface area contributed by atoms with Crippen LogP contribution in [0.1, 0.15) is 33.5 Å². The van der Waals surface area contributed by atoms with E-state index in [0.717, 1.165) is 61.8 Å². The van der Waals surface area contributed by atoms with Crippen molar-refractivity contribution in [2.24, 2.45) is 4.99 Å². The van der Waals surface area contributed by atoms with Crippen LogP contribution in [0.3, 0.4) is 0 Å². The second-order valence-corrected chi connectivity index (χ2v) is 10.2. The van der Waals surface area contributed by atoms with Gasteiger partial charge in [-0.2, -0.15) is 0 Å². The summed E-state index contributed by atoms with van der Waals surface area (Å²) in [7, 11) is 0. The minimum Gasteiger partial charge on any atom is -0.354 e. The molecule has 190 valence electrons. The van der Waals surface area contributed by atoms with Gasteiger partial charge < -0.3 is 4.98 Å². The number of benzene rings is 5. The Balaban J connectivity index is 1.55. The summed E-state index contributed by atoms with van der Waals surface area (Å²) in [5.41, 5.74) is 14.5.